The third-order valence-electron chi connectivity index (χ3n) is 6.15. The third-order valence-corrected chi connectivity index (χ3v) is 6.15. The van der Waals surface area contributed by atoms with Crippen molar-refractivity contribution in [1.82, 2.24) is 0 Å². The summed E-state index contributed by atoms with van der Waals surface area (Å²) in [6.45, 7) is 9.58. The normalized spacial score (nSPS) is 16.8. The van der Waals surface area contributed by atoms with Crippen LogP contribution in [-0.4, -0.2) is 36.1 Å². The van der Waals surface area contributed by atoms with Gasteiger partial charge in [-0.25, -0.2) is 0 Å². The minimum Gasteiger partial charge on any atom is -0.507 e. The standard InChI is InChI=1S/C31H33NO6/c1-18(2)37-25-9-7-8-21(17-25)28-27(29(33)22-10-15-26(20(5)16-22)38-19(3)4)30(34)31(35)32(28)23-11-13-24(36-6)14-12-23/h7-19,28,33H,1-6H3/b29-27+. The average molecular weight is 516 g/mol. The molecule has 1 atom stereocenters. The number of ketones is 1. The first-order valence-electron chi connectivity index (χ1n) is 12.6. The summed E-state index contributed by atoms with van der Waals surface area (Å²) in [5, 5.41) is 11.5. The van der Waals surface area contributed by atoms with Gasteiger partial charge in [-0.05, 0) is 100 Å². The quantitative estimate of drug-likeness (QED) is 0.218. The van der Waals surface area contributed by atoms with Gasteiger partial charge in [-0.1, -0.05) is 12.1 Å². The summed E-state index contributed by atoms with van der Waals surface area (Å²) in [4.78, 5) is 28.3. The Morgan fingerprint density at radius 3 is 2.16 bits per heavy atom. The molecule has 1 saturated heterocycles. The summed E-state index contributed by atoms with van der Waals surface area (Å²) in [7, 11) is 1.56. The van der Waals surface area contributed by atoms with Gasteiger partial charge >= 0.3 is 0 Å². The van der Waals surface area contributed by atoms with Gasteiger partial charge in [-0.2, -0.15) is 0 Å². The van der Waals surface area contributed by atoms with Gasteiger partial charge in [0.05, 0.1) is 30.9 Å². The number of aliphatic hydroxyl groups excluding tert-OH is 1. The van der Waals surface area contributed by atoms with E-state index in [-0.39, 0.29) is 23.5 Å². The summed E-state index contributed by atoms with van der Waals surface area (Å²) in [6.07, 6.45) is -0.0731. The number of Topliss-reactive ketones (excluding diaryl/α,β-unsaturated/α-hetero) is 1. The predicted octanol–water partition coefficient (Wildman–Crippen LogP) is 6.20. The number of aliphatic hydroxyl groups is 1. The topological polar surface area (TPSA) is 85.3 Å². The molecular formula is C31H33NO6. The molecule has 0 aromatic heterocycles. The number of benzene rings is 3. The van der Waals surface area contributed by atoms with E-state index >= 15 is 0 Å². The fraction of sp³-hybridized carbons (Fsp3) is 0.290. The van der Waals surface area contributed by atoms with Crippen LogP contribution in [-0.2, 0) is 9.59 Å². The van der Waals surface area contributed by atoms with E-state index < -0.39 is 17.7 Å². The van der Waals surface area contributed by atoms with Crippen LogP contribution in [0.1, 0.15) is 50.4 Å². The number of anilines is 1. The predicted molar refractivity (Wildman–Crippen MR) is 147 cm³/mol. The SMILES string of the molecule is COc1ccc(N2C(=O)C(=O)/C(=C(/O)c3ccc(OC(C)C)c(C)c3)C2c2cccc(OC(C)C)c2)cc1. The van der Waals surface area contributed by atoms with Gasteiger partial charge in [-0.15, -0.1) is 0 Å². The Bertz CT molecular complexity index is 1370. The first kappa shape index (κ1) is 26.8. The first-order chi connectivity index (χ1) is 18.1. The second kappa shape index (κ2) is 11.0. The molecule has 1 amide bonds. The largest absolute Gasteiger partial charge is 0.507 e. The zero-order valence-electron chi connectivity index (χ0n) is 22.5. The van der Waals surface area contributed by atoms with Crippen molar-refractivity contribution >= 4 is 23.1 Å². The average Bonchev–Trinajstić information content (AvgIpc) is 3.14. The van der Waals surface area contributed by atoms with Crippen molar-refractivity contribution in [3.05, 3.63) is 89.0 Å². The number of carbonyl (C=O) groups is 2. The number of hydrogen-bond acceptors (Lipinski definition) is 6. The molecule has 3 aromatic carbocycles. The molecule has 1 unspecified atom stereocenters. The van der Waals surface area contributed by atoms with Gasteiger partial charge in [0.25, 0.3) is 11.7 Å². The summed E-state index contributed by atoms with van der Waals surface area (Å²) in [6, 6.07) is 18.5. The Morgan fingerprint density at radius 2 is 1.55 bits per heavy atom. The van der Waals surface area contributed by atoms with Gasteiger partial charge in [0.2, 0.25) is 0 Å². The molecule has 0 saturated carbocycles. The summed E-state index contributed by atoms with van der Waals surface area (Å²) >= 11 is 0. The highest BCUT2D eigenvalue weighted by Gasteiger charge is 2.47. The van der Waals surface area contributed by atoms with Gasteiger partial charge < -0.3 is 19.3 Å². The second-order valence-electron chi connectivity index (χ2n) is 9.75. The lowest BCUT2D eigenvalue weighted by Gasteiger charge is -2.26. The van der Waals surface area contributed by atoms with E-state index in [9.17, 15) is 14.7 Å². The maximum atomic E-state index is 13.5. The lowest BCUT2D eigenvalue weighted by Crippen LogP contribution is -2.29. The Labute approximate surface area is 223 Å². The molecule has 1 aliphatic rings. The minimum absolute atomic E-state index is 0.00411. The molecule has 0 bridgehead atoms. The minimum atomic E-state index is -0.869. The van der Waals surface area contributed by atoms with E-state index in [1.807, 2.05) is 52.8 Å². The number of nitrogens with zero attached hydrogens (tertiary/aromatic N) is 1. The Morgan fingerprint density at radius 1 is 0.868 bits per heavy atom. The molecule has 38 heavy (non-hydrogen) atoms. The Balaban J connectivity index is 1.89. The Hall–Kier alpha value is -4.26. The first-order valence-corrected chi connectivity index (χ1v) is 12.6. The van der Waals surface area contributed by atoms with Crippen LogP contribution in [0.15, 0.2) is 72.3 Å². The van der Waals surface area contributed by atoms with Crippen molar-refractivity contribution < 1.29 is 28.9 Å². The van der Waals surface area contributed by atoms with Crippen molar-refractivity contribution in [3.8, 4) is 17.2 Å². The van der Waals surface area contributed by atoms with Gasteiger partial charge in [0.15, 0.2) is 0 Å². The summed E-state index contributed by atoms with van der Waals surface area (Å²) in [5.74, 6) is 0.161. The molecule has 1 heterocycles. The van der Waals surface area contributed by atoms with Crippen LogP contribution in [0, 0.1) is 6.92 Å². The molecule has 0 aliphatic carbocycles. The molecular weight excluding hydrogens is 482 g/mol. The van der Waals surface area contributed by atoms with Crippen LogP contribution in [0.2, 0.25) is 0 Å². The lowest BCUT2D eigenvalue weighted by atomic mass is 9.94. The number of carbonyl (C=O) groups excluding carboxylic acids is 2. The van der Waals surface area contributed by atoms with Crippen molar-refractivity contribution in [2.75, 3.05) is 12.0 Å². The second-order valence-corrected chi connectivity index (χ2v) is 9.75. The van der Waals surface area contributed by atoms with Crippen LogP contribution in [0.4, 0.5) is 5.69 Å². The van der Waals surface area contributed by atoms with Crippen LogP contribution in [0.5, 0.6) is 17.2 Å². The van der Waals surface area contributed by atoms with Crippen molar-refractivity contribution in [3.63, 3.8) is 0 Å². The highest BCUT2D eigenvalue weighted by Crippen LogP contribution is 2.43. The molecule has 7 nitrogen and oxygen atoms in total. The zero-order chi connectivity index (χ0) is 27.6. The monoisotopic (exact) mass is 515 g/mol. The summed E-state index contributed by atoms with van der Waals surface area (Å²) < 4.78 is 17.0. The number of rotatable bonds is 8. The summed E-state index contributed by atoms with van der Waals surface area (Å²) in [5.41, 5.74) is 2.37. The zero-order valence-corrected chi connectivity index (χ0v) is 22.5. The maximum absolute atomic E-state index is 13.5. The number of amides is 1. The molecule has 0 spiro atoms. The van der Waals surface area contributed by atoms with Crippen molar-refractivity contribution in [2.45, 2.75) is 52.9 Å². The molecule has 1 fully saturated rings. The maximum Gasteiger partial charge on any atom is 0.300 e. The van der Waals surface area contributed by atoms with E-state index in [0.717, 1.165) is 5.56 Å². The number of methoxy groups -OCH3 is 1. The van der Waals surface area contributed by atoms with E-state index in [0.29, 0.717) is 34.1 Å². The van der Waals surface area contributed by atoms with E-state index in [1.165, 1.54) is 4.90 Å². The van der Waals surface area contributed by atoms with Crippen molar-refractivity contribution in [1.29, 1.82) is 0 Å². The molecule has 7 heteroatoms. The third kappa shape index (κ3) is 5.37. The molecule has 1 aliphatic heterocycles. The van der Waals surface area contributed by atoms with E-state index in [2.05, 4.69) is 0 Å². The van der Waals surface area contributed by atoms with E-state index in [4.69, 9.17) is 14.2 Å². The number of aryl methyl sites for hydroxylation is 1. The highest BCUT2D eigenvalue weighted by atomic mass is 16.5. The van der Waals surface area contributed by atoms with Crippen LogP contribution in [0.25, 0.3) is 5.76 Å². The van der Waals surface area contributed by atoms with Crippen LogP contribution in [0.3, 0.4) is 0 Å². The van der Waals surface area contributed by atoms with Gasteiger partial charge in [0.1, 0.15) is 23.0 Å². The van der Waals surface area contributed by atoms with Gasteiger partial charge in [-0.3, -0.25) is 14.5 Å². The number of ether oxygens (including phenoxy) is 3. The molecule has 1 N–H and O–H groups in total. The fourth-order valence-corrected chi connectivity index (χ4v) is 4.53. The van der Waals surface area contributed by atoms with Crippen LogP contribution < -0.4 is 19.1 Å². The van der Waals surface area contributed by atoms with Crippen LogP contribution >= 0.6 is 0 Å². The molecule has 198 valence electrons. The molecule has 0 radical (unpaired) electrons. The molecule has 4 rings (SSSR count). The highest BCUT2D eigenvalue weighted by molar-refractivity contribution is 6.51. The smallest absolute Gasteiger partial charge is 0.300 e. The lowest BCUT2D eigenvalue weighted by molar-refractivity contribution is -0.132. The fourth-order valence-electron chi connectivity index (χ4n) is 4.53. The molecule has 3 aromatic rings. The van der Waals surface area contributed by atoms with Crippen molar-refractivity contribution in [2.24, 2.45) is 0 Å². The Kier molecular flexibility index (Phi) is 7.76. The van der Waals surface area contributed by atoms with Gasteiger partial charge in [0, 0.05) is 11.3 Å². The number of hydrogen-bond donors (Lipinski definition) is 1. The van der Waals surface area contributed by atoms with E-state index in [1.54, 1.807) is 55.6 Å².